The van der Waals surface area contributed by atoms with Crippen LogP contribution in [0.3, 0.4) is 0 Å². The van der Waals surface area contributed by atoms with Crippen molar-refractivity contribution >= 4 is 34.6 Å². The molecular weight excluding hydrogens is 364 g/mol. The second-order valence-electron chi connectivity index (χ2n) is 6.20. The van der Waals surface area contributed by atoms with Crippen LogP contribution in [0.15, 0.2) is 41.8 Å². The van der Waals surface area contributed by atoms with Gasteiger partial charge in [0.25, 0.3) is 5.91 Å². The van der Waals surface area contributed by atoms with Crippen LogP contribution < -0.4 is 16.0 Å². The van der Waals surface area contributed by atoms with Gasteiger partial charge in [-0.3, -0.25) is 9.69 Å². The van der Waals surface area contributed by atoms with Gasteiger partial charge in [0.05, 0.1) is 18.1 Å². The van der Waals surface area contributed by atoms with Crippen LogP contribution in [0.1, 0.15) is 16.1 Å². The first-order valence-electron chi connectivity index (χ1n) is 9.00. The smallest absolute Gasteiger partial charge is 0.319 e. The molecule has 1 aromatic heterocycles. The number of carbonyl (C=O) groups is 2. The fraction of sp³-hybridized carbons (Fsp3) is 0.368. The molecule has 8 heteroatoms. The number of hydrogen-bond donors (Lipinski definition) is 3. The van der Waals surface area contributed by atoms with Crippen molar-refractivity contribution in [3.8, 4) is 0 Å². The van der Waals surface area contributed by atoms with E-state index < -0.39 is 0 Å². The topological polar surface area (TPSA) is 82.7 Å². The van der Waals surface area contributed by atoms with Crippen LogP contribution in [0.5, 0.6) is 0 Å². The lowest BCUT2D eigenvalue weighted by molar-refractivity contribution is 0.0375. The van der Waals surface area contributed by atoms with Crippen molar-refractivity contribution in [3.63, 3.8) is 0 Å². The maximum Gasteiger partial charge on any atom is 0.319 e. The predicted octanol–water partition coefficient (Wildman–Crippen LogP) is 2.84. The largest absolute Gasteiger partial charge is 0.379 e. The van der Waals surface area contributed by atoms with E-state index in [0.717, 1.165) is 39.3 Å². The summed E-state index contributed by atoms with van der Waals surface area (Å²) in [4.78, 5) is 27.1. The molecule has 2 aromatic rings. The van der Waals surface area contributed by atoms with Gasteiger partial charge in [-0.1, -0.05) is 12.1 Å². The van der Waals surface area contributed by atoms with Gasteiger partial charge in [-0.2, -0.15) is 0 Å². The van der Waals surface area contributed by atoms with E-state index in [0.29, 0.717) is 22.8 Å². The summed E-state index contributed by atoms with van der Waals surface area (Å²) < 4.78 is 5.32. The molecule has 144 valence electrons. The van der Waals surface area contributed by atoms with E-state index in [9.17, 15) is 9.59 Å². The van der Waals surface area contributed by atoms with Crippen LogP contribution in [0, 0.1) is 0 Å². The van der Waals surface area contributed by atoms with E-state index in [-0.39, 0.29) is 11.9 Å². The summed E-state index contributed by atoms with van der Waals surface area (Å²) >= 11 is 1.38. The summed E-state index contributed by atoms with van der Waals surface area (Å²) in [6.45, 7) is 5.04. The number of anilines is 2. The van der Waals surface area contributed by atoms with Gasteiger partial charge in [0, 0.05) is 31.0 Å². The van der Waals surface area contributed by atoms with Gasteiger partial charge < -0.3 is 20.7 Å². The quantitative estimate of drug-likeness (QED) is 0.637. The van der Waals surface area contributed by atoms with Gasteiger partial charge in [0.15, 0.2) is 0 Å². The summed E-state index contributed by atoms with van der Waals surface area (Å²) in [5.41, 5.74) is 1.27. The molecule has 1 aliphatic rings. The molecule has 3 amide bonds. The molecule has 0 bridgehead atoms. The van der Waals surface area contributed by atoms with Crippen LogP contribution in [0.4, 0.5) is 16.2 Å². The monoisotopic (exact) mass is 388 g/mol. The molecule has 7 nitrogen and oxygen atoms in total. The van der Waals surface area contributed by atoms with E-state index in [1.54, 1.807) is 30.3 Å². The summed E-state index contributed by atoms with van der Waals surface area (Å²) in [6.07, 6.45) is 0.893. The Kier molecular flexibility index (Phi) is 7.20. The number of rotatable bonds is 7. The Balaban J connectivity index is 1.40. The first-order valence-corrected chi connectivity index (χ1v) is 9.88. The summed E-state index contributed by atoms with van der Waals surface area (Å²) in [5.74, 6) is -0.158. The van der Waals surface area contributed by atoms with Gasteiger partial charge in [-0.15, -0.1) is 11.3 Å². The summed E-state index contributed by atoms with van der Waals surface area (Å²) in [6, 6.07) is 10.5. The molecule has 3 N–H and O–H groups in total. The highest BCUT2D eigenvalue weighted by Crippen LogP contribution is 2.17. The zero-order valence-corrected chi connectivity index (χ0v) is 15.9. The minimum absolute atomic E-state index is 0.158. The maximum absolute atomic E-state index is 12.1. The number of urea groups is 1. The fourth-order valence-corrected chi connectivity index (χ4v) is 3.40. The molecule has 27 heavy (non-hydrogen) atoms. The molecule has 0 spiro atoms. The first-order chi connectivity index (χ1) is 13.2. The molecule has 1 fully saturated rings. The van der Waals surface area contributed by atoms with Gasteiger partial charge in [0.1, 0.15) is 0 Å². The third-order valence-electron chi connectivity index (χ3n) is 4.16. The highest BCUT2D eigenvalue weighted by Gasteiger charge is 2.10. The SMILES string of the molecule is O=C(NCCCN1CCOCC1)Nc1cccc(NC(=O)c2cccs2)c1. The zero-order chi connectivity index (χ0) is 18.9. The molecule has 1 aromatic carbocycles. The Morgan fingerprint density at radius 1 is 1.07 bits per heavy atom. The second kappa shape index (κ2) is 10.1. The number of ether oxygens (including phenoxy) is 1. The molecule has 1 saturated heterocycles. The normalized spacial score (nSPS) is 14.5. The Morgan fingerprint density at radius 2 is 1.85 bits per heavy atom. The average Bonchev–Trinajstić information content (AvgIpc) is 3.21. The molecule has 0 radical (unpaired) electrons. The van der Waals surface area contributed by atoms with Crippen molar-refractivity contribution in [1.29, 1.82) is 0 Å². The van der Waals surface area contributed by atoms with Crippen molar-refractivity contribution in [1.82, 2.24) is 10.2 Å². The van der Waals surface area contributed by atoms with Gasteiger partial charge in [-0.25, -0.2) is 4.79 Å². The number of hydrogen-bond acceptors (Lipinski definition) is 5. The Morgan fingerprint density at radius 3 is 2.59 bits per heavy atom. The fourth-order valence-electron chi connectivity index (χ4n) is 2.78. The third kappa shape index (κ3) is 6.35. The van der Waals surface area contributed by atoms with Crippen LogP contribution in [-0.2, 0) is 4.74 Å². The minimum Gasteiger partial charge on any atom is -0.379 e. The van der Waals surface area contributed by atoms with Crippen LogP contribution in [-0.4, -0.2) is 56.2 Å². The summed E-state index contributed by atoms with van der Waals surface area (Å²) in [7, 11) is 0. The minimum atomic E-state index is -0.251. The number of nitrogens with zero attached hydrogens (tertiary/aromatic N) is 1. The van der Waals surface area contributed by atoms with E-state index in [1.165, 1.54) is 11.3 Å². The van der Waals surface area contributed by atoms with Crippen LogP contribution in [0.25, 0.3) is 0 Å². The van der Waals surface area contributed by atoms with Gasteiger partial charge in [0.2, 0.25) is 0 Å². The molecular formula is C19H24N4O3S. The number of carbonyl (C=O) groups excluding carboxylic acids is 2. The Hall–Kier alpha value is -2.42. The van der Waals surface area contributed by atoms with E-state index in [1.807, 2.05) is 11.4 Å². The number of amides is 3. The van der Waals surface area contributed by atoms with Crippen molar-refractivity contribution < 1.29 is 14.3 Å². The molecule has 1 aliphatic heterocycles. The van der Waals surface area contributed by atoms with E-state index in [4.69, 9.17) is 4.74 Å². The summed E-state index contributed by atoms with van der Waals surface area (Å²) in [5, 5.41) is 10.3. The Labute approximate surface area is 162 Å². The number of benzene rings is 1. The molecule has 3 rings (SSSR count). The number of morpholine rings is 1. The third-order valence-corrected chi connectivity index (χ3v) is 5.03. The zero-order valence-electron chi connectivity index (χ0n) is 15.1. The molecule has 2 heterocycles. The standard InChI is InChI=1S/C19H24N4O3S/c24-18(17-6-2-13-27-17)21-15-4-1-5-16(14-15)22-19(25)20-7-3-8-23-9-11-26-12-10-23/h1-2,4-6,13-14H,3,7-12H2,(H,21,24)(H2,20,22,25). The van der Waals surface area contributed by atoms with Crippen molar-refractivity contribution in [3.05, 3.63) is 46.7 Å². The average molecular weight is 388 g/mol. The maximum atomic E-state index is 12.1. The number of nitrogens with one attached hydrogen (secondary N) is 3. The highest BCUT2D eigenvalue weighted by atomic mass is 32.1. The first kappa shape index (κ1) is 19.3. The lowest BCUT2D eigenvalue weighted by Gasteiger charge is -2.26. The van der Waals surface area contributed by atoms with Crippen molar-refractivity contribution in [2.24, 2.45) is 0 Å². The van der Waals surface area contributed by atoms with Crippen molar-refractivity contribution in [2.45, 2.75) is 6.42 Å². The second-order valence-corrected chi connectivity index (χ2v) is 7.15. The van der Waals surface area contributed by atoms with E-state index >= 15 is 0 Å². The molecule has 0 saturated carbocycles. The van der Waals surface area contributed by atoms with Crippen molar-refractivity contribution in [2.75, 3.05) is 50.0 Å². The lowest BCUT2D eigenvalue weighted by Crippen LogP contribution is -2.38. The van der Waals surface area contributed by atoms with Gasteiger partial charge in [-0.05, 0) is 42.6 Å². The number of thiophene rings is 1. The van der Waals surface area contributed by atoms with Crippen LogP contribution in [0.2, 0.25) is 0 Å². The highest BCUT2D eigenvalue weighted by molar-refractivity contribution is 7.12. The van der Waals surface area contributed by atoms with Gasteiger partial charge >= 0.3 is 6.03 Å². The molecule has 0 unspecified atom stereocenters. The van der Waals surface area contributed by atoms with E-state index in [2.05, 4.69) is 20.9 Å². The molecule has 0 atom stereocenters. The van der Waals surface area contributed by atoms with Crippen LogP contribution >= 0.6 is 11.3 Å². The predicted molar refractivity (Wildman–Crippen MR) is 108 cm³/mol. The molecule has 0 aliphatic carbocycles. The lowest BCUT2D eigenvalue weighted by atomic mass is 10.2. The Bertz CT molecular complexity index is 745.